The highest BCUT2D eigenvalue weighted by Gasteiger charge is 2.25. The molecule has 4 N–H and O–H groups in total. The van der Waals surface area contributed by atoms with E-state index in [1.165, 1.54) is 16.2 Å². The van der Waals surface area contributed by atoms with E-state index in [9.17, 15) is 9.90 Å². The third kappa shape index (κ3) is 4.74. The Hall–Kier alpha value is -3.20. The summed E-state index contributed by atoms with van der Waals surface area (Å²) >= 11 is 1.36. The van der Waals surface area contributed by atoms with Crippen molar-refractivity contribution >= 4 is 34.2 Å². The maximum Gasteiger partial charge on any atom is 0.408 e. The van der Waals surface area contributed by atoms with Gasteiger partial charge in [-0.25, -0.2) is 19.7 Å². The van der Waals surface area contributed by atoms with E-state index in [1.54, 1.807) is 18.5 Å². The first-order valence-corrected chi connectivity index (χ1v) is 9.45. The quantitative estimate of drug-likeness (QED) is 0.589. The number of nitrogen functional groups attached to an aromatic ring is 1. The van der Waals surface area contributed by atoms with E-state index in [1.807, 2.05) is 45.0 Å². The minimum atomic E-state index is -0.941. The molecule has 0 atom stereocenters. The first-order chi connectivity index (χ1) is 13.2. The first kappa shape index (κ1) is 19.6. The molecule has 0 unspecified atom stereocenters. The Bertz CT molecular complexity index is 965. The molecule has 9 heteroatoms. The Morgan fingerprint density at radius 2 is 1.93 bits per heavy atom. The number of carboxylic acid groups (broad SMARTS) is 1. The van der Waals surface area contributed by atoms with Crippen molar-refractivity contribution in [2.45, 2.75) is 32.9 Å². The highest BCUT2D eigenvalue weighted by atomic mass is 32.1. The van der Waals surface area contributed by atoms with Crippen molar-refractivity contribution in [2.75, 3.05) is 11.1 Å². The van der Waals surface area contributed by atoms with Crippen LogP contribution in [0.5, 0.6) is 0 Å². The van der Waals surface area contributed by atoms with Crippen molar-refractivity contribution in [2.24, 2.45) is 0 Å². The number of thiazole rings is 1. The number of hydrogen-bond acceptors (Lipinski definition) is 7. The molecule has 0 spiro atoms. The highest BCUT2D eigenvalue weighted by molar-refractivity contribution is 7.18. The van der Waals surface area contributed by atoms with Gasteiger partial charge in [0.15, 0.2) is 5.13 Å². The van der Waals surface area contributed by atoms with Crippen LogP contribution in [0.3, 0.4) is 0 Å². The topological polar surface area (TPSA) is 117 Å². The Kier molecular flexibility index (Phi) is 5.46. The number of benzene rings is 1. The van der Waals surface area contributed by atoms with E-state index in [4.69, 9.17) is 5.73 Å². The van der Waals surface area contributed by atoms with Crippen LogP contribution in [0.2, 0.25) is 0 Å². The summed E-state index contributed by atoms with van der Waals surface area (Å²) in [6.07, 6.45) is 2.41. The molecule has 0 saturated heterocycles. The summed E-state index contributed by atoms with van der Waals surface area (Å²) in [4.78, 5) is 26.5. The van der Waals surface area contributed by atoms with Crippen LogP contribution in [0.15, 0.2) is 42.7 Å². The van der Waals surface area contributed by atoms with Crippen LogP contribution in [0.25, 0.3) is 10.6 Å². The van der Waals surface area contributed by atoms with Crippen molar-refractivity contribution in [3.63, 3.8) is 0 Å². The first-order valence-electron chi connectivity index (χ1n) is 8.63. The lowest BCUT2D eigenvalue weighted by atomic mass is 10.1. The number of nitrogens with zero attached hydrogens (tertiary/aromatic N) is 4. The summed E-state index contributed by atoms with van der Waals surface area (Å²) in [6.45, 7) is 5.94. The number of anilines is 3. The summed E-state index contributed by atoms with van der Waals surface area (Å²) in [7, 11) is 0. The number of aromatic nitrogens is 3. The molecule has 0 bridgehead atoms. The van der Waals surface area contributed by atoms with Gasteiger partial charge in [-0.15, -0.1) is 0 Å². The molecule has 3 rings (SSSR count). The van der Waals surface area contributed by atoms with Crippen LogP contribution in [-0.2, 0) is 6.54 Å². The molecule has 0 saturated carbocycles. The fourth-order valence-corrected chi connectivity index (χ4v) is 3.21. The lowest BCUT2D eigenvalue weighted by Crippen LogP contribution is -2.44. The SMILES string of the molecule is CC(C)(C)N(Cc1ccc(Nc2nccc(-c3cnc(N)s3)n2)cc1)C(=O)O. The van der Waals surface area contributed by atoms with Crippen LogP contribution in [0.4, 0.5) is 21.6 Å². The number of hydrogen-bond donors (Lipinski definition) is 3. The highest BCUT2D eigenvalue weighted by Crippen LogP contribution is 2.26. The molecule has 0 aliphatic heterocycles. The standard InChI is InChI=1S/C19H22N6O2S/c1-19(2,3)25(18(26)27)11-12-4-6-13(7-5-12)23-17-21-9-8-14(24-17)15-10-22-16(20)28-15/h4-10H,11H2,1-3H3,(H2,20,22)(H,26,27)(H,21,23,24). The third-order valence-corrected chi connectivity index (χ3v) is 4.87. The third-order valence-electron chi connectivity index (χ3n) is 4.02. The Labute approximate surface area is 167 Å². The van der Waals surface area contributed by atoms with E-state index in [-0.39, 0.29) is 0 Å². The lowest BCUT2D eigenvalue weighted by molar-refractivity contribution is 0.0955. The Balaban J connectivity index is 1.72. The molecule has 8 nitrogen and oxygen atoms in total. The molecule has 2 aromatic heterocycles. The maximum atomic E-state index is 11.5. The molecule has 0 radical (unpaired) electrons. The van der Waals surface area contributed by atoms with Crippen molar-refractivity contribution in [3.05, 3.63) is 48.3 Å². The summed E-state index contributed by atoms with van der Waals surface area (Å²) in [5.74, 6) is 0.457. The molecule has 28 heavy (non-hydrogen) atoms. The maximum absolute atomic E-state index is 11.5. The average Bonchev–Trinajstić information content (AvgIpc) is 3.06. The molecule has 1 amide bonds. The van der Waals surface area contributed by atoms with E-state index in [0.717, 1.165) is 21.8 Å². The lowest BCUT2D eigenvalue weighted by Gasteiger charge is -2.33. The zero-order valence-corrected chi connectivity index (χ0v) is 16.7. The molecular formula is C19H22N6O2S. The number of carbonyl (C=O) groups is 1. The van der Waals surface area contributed by atoms with Gasteiger partial charge < -0.3 is 16.2 Å². The van der Waals surface area contributed by atoms with Crippen molar-refractivity contribution in [1.82, 2.24) is 19.9 Å². The second-order valence-corrected chi connectivity index (χ2v) is 8.25. The second kappa shape index (κ2) is 7.81. The number of amides is 1. The predicted molar refractivity (Wildman–Crippen MR) is 111 cm³/mol. The van der Waals surface area contributed by atoms with Gasteiger partial charge in [-0.05, 0) is 44.5 Å². The largest absolute Gasteiger partial charge is 0.465 e. The van der Waals surface area contributed by atoms with Gasteiger partial charge in [0.05, 0.1) is 10.6 Å². The zero-order valence-electron chi connectivity index (χ0n) is 15.9. The van der Waals surface area contributed by atoms with Gasteiger partial charge >= 0.3 is 6.09 Å². The molecule has 146 valence electrons. The van der Waals surface area contributed by atoms with Gasteiger partial charge in [0, 0.05) is 30.2 Å². The van der Waals surface area contributed by atoms with E-state index in [2.05, 4.69) is 20.3 Å². The number of rotatable bonds is 5. The Morgan fingerprint density at radius 1 is 1.21 bits per heavy atom. The van der Waals surface area contributed by atoms with Gasteiger partial charge in [0.2, 0.25) is 5.95 Å². The fourth-order valence-electron chi connectivity index (χ4n) is 2.56. The molecule has 1 aromatic carbocycles. The van der Waals surface area contributed by atoms with Gasteiger partial charge in [-0.2, -0.15) is 0 Å². The van der Waals surface area contributed by atoms with Crippen LogP contribution < -0.4 is 11.1 Å². The molecule has 2 heterocycles. The average molecular weight is 398 g/mol. The van der Waals surface area contributed by atoms with Crippen LogP contribution >= 0.6 is 11.3 Å². The van der Waals surface area contributed by atoms with Crippen LogP contribution in [-0.4, -0.2) is 36.6 Å². The van der Waals surface area contributed by atoms with Crippen LogP contribution in [0.1, 0.15) is 26.3 Å². The minimum Gasteiger partial charge on any atom is -0.465 e. The van der Waals surface area contributed by atoms with Gasteiger partial charge in [-0.1, -0.05) is 23.5 Å². The summed E-state index contributed by atoms with van der Waals surface area (Å²) in [6, 6.07) is 9.32. The predicted octanol–water partition coefficient (Wildman–Crippen LogP) is 4.20. The molecule has 0 aliphatic carbocycles. The smallest absolute Gasteiger partial charge is 0.408 e. The summed E-state index contributed by atoms with van der Waals surface area (Å²) < 4.78 is 0. The molecular weight excluding hydrogens is 376 g/mol. The van der Waals surface area contributed by atoms with Gasteiger partial charge in [0.25, 0.3) is 0 Å². The van der Waals surface area contributed by atoms with Crippen molar-refractivity contribution < 1.29 is 9.90 Å². The number of nitrogens with two attached hydrogens (primary N) is 1. The summed E-state index contributed by atoms with van der Waals surface area (Å²) in [5, 5.41) is 13.1. The van der Waals surface area contributed by atoms with Gasteiger partial charge in [-0.3, -0.25) is 4.90 Å². The van der Waals surface area contributed by atoms with Crippen LogP contribution in [0, 0.1) is 0 Å². The second-order valence-electron chi connectivity index (χ2n) is 7.19. The normalized spacial score (nSPS) is 11.2. The van der Waals surface area contributed by atoms with E-state index in [0.29, 0.717) is 17.6 Å². The Morgan fingerprint density at radius 3 is 2.50 bits per heavy atom. The molecule has 0 fully saturated rings. The van der Waals surface area contributed by atoms with Gasteiger partial charge in [0.1, 0.15) is 0 Å². The zero-order chi connectivity index (χ0) is 20.3. The fraction of sp³-hybridized carbons (Fsp3) is 0.263. The molecule has 0 aliphatic rings. The van der Waals surface area contributed by atoms with E-state index >= 15 is 0 Å². The van der Waals surface area contributed by atoms with Crippen molar-refractivity contribution in [3.8, 4) is 10.6 Å². The summed E-state index contributed by atoms with van der Waals surface area (Å²) in [5.41, 5.74) is 7.65. The van der Waals surface area contributed by atoms with Crippen molar-refractivity contribution in [1.29, 1.82) is 0 Å². The molecule has 3 aromatic rings. The minimum absolute atomic E-state index is 0.317. The van der Waals surface area contributed by atoms with E-state index < -0.39 is 11.6 Å². The number of nitrogens with one attached hydrogen (secondary N) is 1. The monoisotopic (exact) mass is 398 g/mol.